The molecular weight excluding hydrogens is 216 g/mol. The maximum absolute atomic E-state index is 12.2. The molecule has 1 fully saturated rings. The first-order chi connectivity index (χ1) is 8.08. The summed E-state index contributed by atoms with van der Waals surface area (Å²) in [6.07, 6.45) is 2.67. The van der Waals surface area contributed by atoms with Gasteiger partial charge >= 0.3 is 0 Å². The fourth-order valence-electron chi connectivity index (χ4n) is 2.00. The molecular formula is C12H24N4O. The fourth-order valence-corrected chi connectivity index (χ4v) is 2.00. The monoisotopic (exact) mass is 240 g/mol. The molecule has 0 bridgehead atoms. The minimum atomic E-state index is -0.0481. The number of piperazine rings is 1. The maximum atomic E-state index is 12.2. The molecule has 0 spiro atoms. The van der Waals surface area contributed by atoms with Gasteiger partial charge < -0.3 is 10.2 Å². The second kappa shape index (κ2) is 6.71. The van der Waals surface area contributed by atoms with Crippen LogP contribution in [0.1, 0.15) is 13.3 Å². The molecule has 1 unspecified atom stereocenters. The number of nitrogens with zero attached hydrogens (tertiary/aromatic N) is 3. The highest BCUT2D eigenvalue weighted by atomic mass is 16.2. The molecule has 0 aliphatic carbocycles. The molecule has 0 aromatic carbocycles. The van der Waals surface area contributed by atoms with Gasteiger partial charge in [0.05, 0.1) is 6.04 Å². The van der Waals surface area contributed by atoms with Crippen LogP contribution in [0, 0.1) is 0 Å². The third kappa shape index (κ3) is 4.09. The Morgan fingerprint density at radius 1 is 1.53 bits per heavy atom. The minimum Gasteiger partial charge on any atom is -0.347 e. The largest absolute Gasteiger partial charge is 0.347 e. The van der Waals surface area contributed by atoms with Crippen LogP contribution in [0.5, 0.6) is 0 Å². The average Bonchev–Trinajstić information content (AvgIpc) is 2.31. The Labute approximate surface area is 104 Å². The first-order valence-corrected chi connectivity index (χ1v) is 6.20. The summed E-state index contributed by atoms with van der Waals surface area (Å²) in [5, 5.41) is 3.03. The van der Waals surface area contributed by atoms with Crippen molar-refractivity contribution < 1.29 is 4.79 Å². The van der Waals surface area contributed by atoms with Gasteiger partial charge in [-0.15, -0.1) is 0 Å². The second-order valence-corrected chi connectivity index (χ2v) is 4.69. The van der Waals surface area contributed by atoms with Crippen LogP contribution in [-0.2, 0) is 4.79 Å². The number of nitrogens with one attached hydrogen (secondary N) is 1. The first-order valence-electron chi connectivity index (χ1n) is 6.20. The summed E-state index contributed by atoms with van der Waals surface area (Å²) in [7, 11) is 5.79. The summed E-state index contributed by atoms with van der Waals surface area (Å²) >= 11 is 0. The Morgan fingerprint density at radius 2 is 2.24 bits per heavy atom. The molecule has 1 saturated heterocycles. The molecule has 5 nitrogen and oxygen atoms in total. The summed E-state index contributed by atoms with van der Waals surface area (Å²) in [5.74, 6) is 0.103. The summed E-state index contributed by atoms with van der Waals surface area (Å²) in [6.45, 7) is 4.80. The zero-order chi connectivity index (χ0) is 12.8. The number of likely N-dealkylation sites (N-methyl/N-ethyl adjacent to an activating group) is 2. The number of carbonyl (C=O) groups is 1. The molecule has 17 heavy (non-hydrogen) atoms. The third-order valence-electron chi connectivity index (χ3n) is 3.25. The van der Waals surface area contributed by atoms with Crippen LogP contribution < -0.4 is 5.32 Å². The zero-order valence-corrected chi connectivity index (χ0v) is 11.3. The molecule has 1 N–H and O–H groups in total. The Hall–Kier alpha value is -0.940. The molecule has 98 valence electrons. The molecule has 2 atom stereocenters. The molecule has 0 radical (unpaired) electrons. The lowest BCUT2D eigenvalue weighted by Gasteiger charge is -2.37. The van der Waals surface area contributed by atoms with E-state index >= 15 is 0 Å². The van der Waals surface area contributed by atoms with E-state index in [0.29, 0.717) is 0 Å². The first kappa shape index (κ1) is 14.1. The van der Waals surface area contributed by atoms with Crippen molar-refractivity contribution in [2.24, 2.45) is 4.99 Å². The SMILES string of the molecule is CC[C@@H](C=NC)NC(=O)C1CN(C)CCN1C. The molecule has 0 aromatic heterocycles. The van der Waals surface area contributed by atoms with Gasteiger partial charge in [0.25, 0.3) is 0 Å². The molecule has 5 heteroatoms. The van der Waals surface area contributed by atoms with Crippen LogP contribution in [0.3, 0.4) is 0 Å². The van der Waals surface area contributed by atoms with Gasteiger partial charge in [-0.2, -0.15) is 0 Å². The van der Waals surface area contributed by atoms with Gasteiger partial charge in [-0.3, -0.25) is 14.7 Å². The van der Waals surface area contributed by atoms with Crippen molar-refractivity contribution in [2.45, 2.75) is 25.4 Å². The topological polar surface area (TPSA) is 47.9 Å². The van der Waals surface area contributed by atoms with E-state index in [4.69, 9.17) is 0 Å². The van der Waals surface area contributed by atoms with Gasteiger partial charge in [-0.1, -0.05) is 6.92 Å². The smallest absolute Gasteiger partial charge is 0.239 e. The van der Waals surface area contributed by atoms with Crippen molar-refractivity contribution in [3.8, 4) is 0 Å². The molecule has 1 rings (SSSR count). The van der Waals surface area contributed by atoms with Crippen LogP contribution >= 0.6 is 0 Å². The van der Waals surface area contributed by atoms with E-state index in [1.807, 2.05) is 14.0 Å². The highest BCUT2D eigenvalue weighted by Gasteiger charge is 2.29. The van der Waals surface area contributed by atoms with E-state index in [-0.39, 0.29) is 18.0 Å². The van der Waals surface area contributed by atoms with Crippen LogP contribution in [0.2, 0.25) is 0 Å². The van der Waals surface area contributed by atoms with Gasteiger partial charge in [0.2, 0.25) is 5.91 Å². The number of carbonyl (C=O) groups excluding carboxylic acids is 1. The number of hydrogen-bond acceptors (Lipinski definition) is 4. The zero-order valence-electron chi connectivity index (χ0n) is 11.3. The van der Waals surface area contributed by atoms with Crippen molar-refractivity contribution in [3.63, 3.8) is 0 Å². The van der Waals surface area contributed by atoms with E-state index in [0.717, 1.165) is 26.1 Å². The second-order valence-electron chi connectivity index (χ2n) is 4.69. The standard InChI is InChI=1S/C12H24N4O/c1-5-10(8-13-2)14-12(17)11-9-15(3)6-7-16(11)4/h8,10-11H,5-7,9H2,1-4H3,(H,14,17)/t10-,11?/m0/s1. The molecule has 1 heterocycles. The van der Waals surface area contributed by atoms with Gasteiger partial charge in [0.1, 0.15) is 6.04 Å². The van der Waals surface area contributed by atoms with E-state index < -0.39 is 0 Å². The Bertz CT molecular complexity index is 280. The van der Waals surface area contributed by atoms with Crippen molar-refractivity contribution >= 4 is 12.1 Å². The number of aliphatic imine (C=N–C) groups is 1. The van der Waals surface area contributed by atoms with Crippen LogP contribution in [0.25, 0.3) is 0 Å². The van der Waals surface area contributed by atoms with Crippen molar-refractivity contribution in [1.29, 1.82) is 0 Å². The molecule has 1 amide bonds. The van der Waals surface area contributed by atoms with Crippen molar-refractivity contribution in [2.75, 3.05) is 40.8 Å². The van der Waals surface area contributed by atoms with E-state index in [1.165, 1.54) is 0 Å². The predicted molar refractivity (Wildman–Crippen MR) is 70.6 cm³/mol. The lowest BCUT2D eigenvalue weighted by Crippen LogP contribution is -2.58. The van der Waals surface area contributed by atoms with E-state index in [1.54, 1.807) is 13.3 Å². The number of hydrogen-bond donors (Lipinski definition) is 1. The normalized spacial score (nSPS) is 25.1. The third-order valence-corrected chi connectivity index (χ3v) is 3.25. The summed E-state index contributed by atoms with van der Waals surface area (Å²) in [6, 6.07) is 0.00110. The maximum Gasteiger partial charge on any atom is 0.239 e. The van der Waals surface area contributed by atoms with Crippen LogP contribution in [0.4, 0.5) is 0 Å². The highest BCUT2D eigenvalue weighted by molar-refractivity contribution is 5.85. The molecule has 0 saturated carbocycles. The van der Waals surface area contributed by atoms with Crippen LogP contribution in [0.15, 0.2) is 4.99 Å². The average molecular weight is 240 g/mol. The number of rotatable bonds is 4. The van der Waals surface area contributed by atoms with Crippen LogP contribution in [-0.4, -0.2) is 74.8 Å². The number of amides is 1. The summed E-state index contributed by atoms with van der Waals surface area (Å²) < 4.78 is 0. The van der Waals surface area contributed by atoms with Gasteiger partial charge in [0, 0.05) is 32.9 Å². The van der Waals surface area contributed by atoms with E-state index in [9.17, 15) is 4.79 Å². The fraction of sp³-hybridized carbons (Fsp3) is 0.833. The Kier molecular flexibility index (Phi) is 5.58. The predicted octanol–water partition coefficient (Wildman–Crippen LogP) is -0.172. The summed E-state index contributed by atoms with van der Waals surface area (Å²) in [4.78, 5) is 20.4. The van der Waals surface area contributed by atoms with Crippen molar-refractivity contribution in [1.82, 2.24) is 15.1 Å². The van der Waals surface area contributed by atoms with Gasteiger partial charge in [-0.25, -0.2) is 0 Å². The lowest BCUT2D eigenvalue weighted by atomic mass is 10.1. The molecule has 1 aliphatic heterocycles. The van der Waals surface area contributed by atoms with Crippen molar-refractivity contribution in [3.05, 3.63) is 0 Å². The van der Waals surface area contributed by atoms with Gasteiger partial charge in [0.15, 0.2) is 0 Å². The lowest BCUT2D eigenvalue weighted by molar-refractivity contribution is -0.128. The Morgan fingerprint density at radius 3 is 2.82 bits per heavy atom. The van der Waals surface area contributed by atoms with Gasteiger partial charge in [-0.05, 0) is 20.5 Å². The Balaban J connectivity index is 2.55. The summed E-state index contributed by atoms with van der Waals surface area (Å²) in [5.41, 5.74) is 0. The highest BCUT2D eigenvalue weighted by Crippen LogP contribution is 2.06. The minimum absolute atomic E-state index is 0.0481. The quantitative estimate of drug-likeness (QED) is 0.694. The molecule has 1 aliphatic rings. The van der Waals surface area contributed by atoms with E-state index in [2.05, 4.69) is 27.2 Å². The molecule has 0 aromatic rings.